The first-order chi connectivity index (χ1) is 36.4. The molecule has 0 saturated carbocycles. The summed E-state index contributed by atoms with van der Waals surface area (Å²) in [5.74, 6) is -0.520. The zero-order chi connectivity index (χ0) is 50.0. The maximum Gasteiger partial charge on any atom is 0.141 e. The minimum atomic E-state index is -0.520. The highest BCUT2D eigenvalue weighted by molar-refractivity contribution is 5.94. The Labute approximate surface area is 434 Å². The van der Waals surface area contributed by atoms with Crippen LogP contribution in [0.4, 0.5) is 4.39 Å². The van der Waals surface area contributed by atoms with Crippen molar-refractivity contribution in [3.05, 3.63) is 256 Å². The van der Waals surface area contributed by atoms with E-state index in [-0.39, 0.29) is 5.56 Å². The molecule has 10 aromatic rings. The first-order valence-corrected chi connectivity index (χ1v) is 26.1. The highest BCUT2D eigenvalue weighted by atomic mass is 19.1. The summed E-state index contributed by atoms with van der Waals surface area (Å²) in [4.78, 5) is 14.5. The van der Waals surface area contributed by atoms with E-state index < -0.39 is 5.82 Å². The third-order valence-electron chi connectivity index (χ3n) is 15.3. The number of pyridine rings is 3. The molecule has 0 fully saturated rings. The predicted molar refractivity (Wildman–Crippen MR) is 299 cm³/mol. The van der Waals surface area contributed by atoms with Crippen molar-refractivity contribution in [2.24, 2.45) is 0 Å². The van der Waals surface area contributed by atoms with Gasteiger partial charge in [-0.1, -0.05) is 140 Å². The highest BCUT2D eigenvalue weighted by Crippen LogP contribution is 2.42. The summed E-state index contributed by atoms with van der Waals surface area (Å²) in [7, 11) is 0. The van der Waals surface area contributed by atoms with Gasteiger partial charge < -0.3 is 0 Å². The van der Waals surface area contributed by atoms with E-state index in [1.807, 2.05) is 24.4 Å². The van der Waals surface area contributed by atoms with E-state index in [0.717, 1.165) is 113 Å². The molecule has 0 spiro atoms. The number of aryl methyl sites for hydroxylation is 9. The van der Waals surface area contributed by atoms with Crippen molar-refractivity contribution >= 4 is 0 Å². The van der Waals surface area contributed by atoms with E-state index in [9.17, 15) is 9.65 Å². The van der Waals surface area contributed by atoms with Crippen LogP contribution in [-0.4, -0.2) is 15.0 Å². The minimum absolute atomic E-state index is 0.0375. The number of hydrogen-bond acceptors (Lipinski definition) is 4. The molecule has 4 nitrogen and oxygen atoms in total. The number of halogens is 1. The van der Waals surface area contributed by atoms with Crippen molar-refractivity contribution in [2.75, 3.05) is 0 Å². The molecule has 0 atom stereocenters. The Kier molecular flexibility index (Phi) is 12.9. The monoisotopic (exact) mass is 958 g/mol. The van der Waals surface area contributed by atoms with Gasteiger partial charge in [0.05, 0.1) is 22.6 Å². The highest BCUT2D eigenvalue weighted by Gasteiger charge is 2.18. The lowest BCUT2D eigenvalue weighted by Crippen LogP contribution is -1.98. The van der Waals surface area contributed by atoms with Crippen LogP contribution in [0.2, 0.25) is 0 Å². The maximum atomic E-state index is 14.8. The van der Waals surface area contributed by atoms with Gasteiger partial charge in [0, 0.05) is 35.3 Å². The quantitative estimate of drug-likeness (QED) is 0.115. The Morgan fingerprint density at radius 3 is 1.49 bits per heavy atom. The van der Waals surface area contributed by atoms with Crippen LogP contribution < -0.4 is 0 Å². The van der Waals surface area contributed by atoms with Crippen molar-refractivity contribution in [3.8, 4) is 84.3 Å². The number of nitriles is 1. The molecule has 0 amide bonds. The van der Waals surface area contributed by atoms with Crippen LogP contribution in [0, 0.1) is 24.1 Å². The number of aromatic nitrogens is 3. The average Bonchev–Trinajstić information content (AvgIpc) is 4.14. The largest absolute Gasteiger partial charge is 0.256 e. The lowest BCUT2D eigenvalue weighted by molar-refractivity contribution is 0.624. The molecule has 2 aliphatic rings. The van der Waals surface area contributed by atoms with Gasteiger partial charge in [0.15, 0.2) is 0 Å². The van der Waals surface area contributed by atoms with Crippen LogP contribution in [-0.2, 0) is 51.4 Å². The van der Waals surface area contributed by atoms with Crippen molar-refractivity contribution < 1.29 is 4.39 Å². The lowest BCUT2D eigenvalue weighted by Gasteiger charge is -2.18. The summed E-state index contributed by atoms with van der Waals surface area (Å²) in [6, 6.07) is 64.5. The topological polar surface area (TPSA) is 62.5 Å². The fraction of sp³-hybridized carbons (Fsp3) is 0.159. The van der Waals surface area contributed by atoms with Crippen LogP contribution in [0.1, 0.15) is 68.5 Å². The van der Waals surface area contributed by atoms with Crippen LogP contribution in [0.15, 0.2) is 195 Å². The molecule has 2 aliphatic carbocycles. The third-order valence-corrected chi connectivity index (χ3v) is 15.3. The molecule has 7 aromatic carbocycles. The van der Waals surface area contributed by atoms with Gasteiger partial charge in [-0.3, -0.25) is 15.0 Å². The zero-order valence-electron chi connectivity index (χ0n) is 41.7. The third kappa shape index (κ3) is 9.84. The molecule has 74 heavy (non-hydrogen) atoms. The van der Waals surface area contributed by atoms with Crippen LogP contribution in [0.3, 0.4) is 0 Å². The Morgan fingerprint density at radius 2 is 0.905 bits per heavy atom. The summed E-state index contributed by atoms with van der Waals surface area (Å²) in [5, 5.41) is 9.35. The smallest absolute Gasteiger partial charge is 0.141 e. The summed E-state index contributed by atoms with van der Waals surface area (Å²) in [6.45, 7) is 2.06. The second kappa shape index (κ2) is 20.5. The first-order valence-electron chi connectivity index (χ1n) is 26.1. The van der Waals surface area contributed by atoms with Crippen molar-refractivity contribution in [3.63, 3.8) is 0 Å². The van der Waals surface area contributed by atoms with Gasteiger partial charge in [-0.2, -0.15) is 5.26 Å². The van der Waals surface area contributed by atoms with Crippen molar-refractivity contribution in [1.82, 2.24) is 15.0 Å². The van der Waals surface area contributed by atoms with E-state index in [1.165, 1.54) is 85.7 Å². The molecule has 0 bridgehead atoms. The number of nitrogens with zero attached hydrogens (tertiary/aromatic N) is 4. The lowest BCUT2D eigenvalue weighted by atomic mass is 9.86. The van der Waals surface area contributed by atoms with Gasteiger partial charge in [0.1, 0.15) is 11.9 Å². The molecule has 5 heteroatoms. The molecule has 0 unspecified atom stereocenters. The fourth-order valence-corrected chi connectivity index (χ4v) is 11.1. The number of hydrogen-bond donors (Lipinski definition) is 0. The summed E-state index contributed by atoms with van der Waals surface area (Å²) in [5.41, 5.74) is 26.8. The number of fused-ring (bicyclic) bond motifs is 2. The van der Waals surface area contributed by atoms with E-state index in [2.05, 4.69) is 165 Å². The fourth-order valence-electron chi connectivity index (χ4n) is 11.1. The first kappa shape index (κ1) is 46.5. The summed E-state index contributed by atoms with van der Waals surface area (Å²) in [6.07, 6.45) is 16.7. The van der Waals surface area contributed by atoms with Gasteiger partial charge in [-0.15, -0.1) is 0 Å². The standard InChI is InChI=1S/C69H55FN4/c1-45-12-33-67(72-42-45)57-31-32-64(65(37-57)51-27-25-50(26-28-51)56-29-30-58(41-71)66(70)38-56)63-11-3-2-10-62(63)61-35-48(15-13-46-17-21-52(22-18-46)68-39-54-6-4-8-59(54)43-73-68)34-49(36-61)16-14-47-19-23-53(24-20-47)69-40-55-7-5-9-60(55)44-74-69/h2-3,10-12,17-40,42-44H,4-9,13-16H2,1H3. The van der Waals surface area contributed by atoms with Crippen molar-refractivity contribution in [1.29, 1.82) is 5.26 Å². The molecule has 3 aromatic heterocycles. The molecular weight excluding hydrogens is 904 g/mol. The van der Waals surface area contributed by atoms with E-state index >= 15 is 0 Å². The summed E-state index contributed by atoms with van der Waals surface area (Å²) < 4.78 is 14.8. The molecule has 358 valence electrons. The van der Waals surface area contributed by atoms with Gasteiger partial charge in [-0.05, 0) is 202 Å². The number of rotatable bonds is 13. The second-order valence-electron chi connectivity index (χ2n) is 20.2. The zero-order valence-corrected chi connectivity index (χ0v) is 41.7. The van der Waals surface area contributed by atoms with Crippen LogP contribution >= 0.6 is 0 Å². The van der Waals surface area contributed by atoms with Crippen LogP contribution in [0.25, 0.3) is 78.3 Å². The minimum Gasteiger partial charge on any atom is -0.256 e. The Bertz CT molecular complexity index is 3610. The second-order valence-corrected chi connectivity index (χ2v) is 20.2. The Hall–Kier alpha value is -8.59. The van der Waals surface area contributed by atoms with E-state index in [0.29, 0.717) is 0 Å². The van der Waals surface area contributed by atoms with Gasteiger partial charge in [0.2, 0.25) is 0 Å². The molecule has 0 N–H and O–H groups in total. The Morgan fingerprint density at radius 1 is 0.392 bits per heavy atom. The maximum absolute atomic E-state index is 14.8. The SMILES string of the molecule is Cc1ccc(-c2ccc(-c3ccccc3-c3cc(CCc4ccc(-c5cc6c(cn5)CCC6)cc4)cc(CCc4ccc(-c5cc6c(cn5)CCC6)cc4)c3)c(-c3ccc(-c4ccc(C#N)c(F)c4)cc3)c2)nc1. The molecular formula is C69H55FN4. The van der Waals surface area contributed by atoms with Gasteiger partial charge in [-0.25, -0.2) is 4.39 Å². The average molecular weight is 959 g/mol. The normalized spacial score (nSPS) is 12.6. The molecule has 0 aliphatic heterocycles. The Balaban J connectivity index is 0.887. The predicted octanol–water partition coefficient (Wildman–Crippen LogP) is 16.4. The summed E-state index contributed by atoms with van der Waals surface area (Å²) >= 11 is 0. The van der Waals surface area contributed by atoms with E-state index in [1.54, 1.807) is 12.1 Å². The molecule has 0 radical (unpaired) electrons. The number of benzene rings is 7. The van der Waals surface area contributed by atoms with Gasteiger partial charge in [0.25, 0.3) is 0 Å². The molecule has 12 rings (SSSR count). The molecule has 0 saturated heterocycles. The van der Waals surface area contributed by atoms with Gasteiger partial charge >= 0.3 is 0 Å². The van der Waals surface area contributed by atoms with Crippen molar-refractivity contribution in [2.45, 2.75) is 71.1 Å². The van der Waals surface area contributed by atoms with Crippen LogP contribution in [0.5, 0.6) is 0 Å². The van der Waals surface area contributed by atoms with E-state index in [4.69, 9.17) is 15.0 Å². The molecule has 3 heterocycles.